The second-order valence-corrected chi connectivity index (χ2v) is 15.9. The van der Waals surface area contributed by atoms with E-state index in [2.05, 4.69) is 47.0 Å². The monoisotopic (exact) mass is 864 g/mol. The van der Waals surface area contributed by atoms with Gasteiger partial charge in [0.25, 0.3) is 5.91 Å². The molecule has 0 heterocycles. The van der Waals surface area contributed by atoms with Crippen molar-refractivity contribution < 1.29 is 104 Å². The summed E-state index contributed by atoms with van der Waals surface area (Å²) in [4.78, 5) is 23.8. The molecule has 60 heavy (non-hydrogen) atoms. The standard InChI is InChI=1S/C44H40N2O10S2.2Na/c47-42(46-28-10-27-45-30-34-21-26-40(57(49,50)51)29-41(34)58(52,53)54)33-19-17-32(18-20-33)31-55-43(48)56-39-24-22-38(23-25-39)44(35-11-4-1-5-12-35,36-13-6-2-7-14-36)37-15-8-3-9-16-37;;/h1-9,11-26,29,45H,10,27-28,30-31H2,(H,46,47)(H,49,50,51)(H,52,53,54);;/q;2*+1/p-2. The van der Waals surface area contributed by atoms with E-state index in [4.69, 9.17) is 9.47 Å². The average Bonchev–Trinajstić information content (AvgIpc) is 3.23. The first-order valence-electron chi connectivity index (χ1n) is 18.1. The Balaban J connectivity index is 0.00000397. The Morgan fingerprint density at radius 2 is 1.12 bits per heavy atom. The van der Waals surface area contributed by atoms with E-state index in [1.165, 1.54) is 0 Å². The molecule has 0 saturated carbocycles. The van der Waals surface area contributed by atoms with Gasteiger partial charge < -0.3 is 29.2 Å². The maximum absolute atomic E-state index is 12.7. The quantitative estimate of drug-likeness (QED) is 0.0345. The molecular formula is C44H38N2Na2O10S2. The van der Waals surface area contributed by atoms with Gasteiger partial charge in [0, 0.05) is 18.7 Å². The molecule has 0 bridgehead atoms. The molecule has 1 amide bonds. The predicted octanol–water partition coefficient (Wildman–Crippen LogP) is 0.511. The fourth-order valence-corrected chi connectivity index (χ4v) is 7.97. The Bertz CT molecular complexity index is 2470. The molecule has 16 heteroatoms. The minimum Gasteiger partial charge on any atom is -0.744 e. The molecule has 2 N–H and O–H groups in total. The van der Waals surface area contributed by atoms with Crippen LogP contribution in [0.25, 0.3) is 0 Å². The van der Waals surface area contributed by atoms with Crippen LogP contribution in [0.15, 0.2) is 168 Å². The van der Waals surface area contributed by atoms with Crippen LogP contribution >= 0.6 is 0 Å². The van der Waals surface area contributed by atoms with Crippen LogP contribution in [0.2, 0.25) is 0 Å². The summed E-state index contributed by atoms with van der Waals surface area (Å²) in [5.41, 5.74) is 4.59. The summed E-state index contributed by atoms with van der Waals surface area (Å²) in [5, 5.41) is 5.69. The molecule has 12 nitrogen and oxygen atoms in total. The van der Waals surface area contributed by atoms with Gasteiger partial charge in [0.1, 0.15) is 32.6 Å². The third-order valence-corrected chi connectivity index (χ3v) is 11.2. The second kappa shape index (κ2) is 22.1. The fourth-order valence-electron chi connectivity index (χ4n) is 6.67. The molecule has 6 aromatic carbocycles. The molecule has 0 saturated heterocycles. The van der Waals surface area contributed by atoms with Gasteiger partial charge in [0.2, 0.25) is 0 Å². The normalized spacial score (nSPS) is 11.4. The van der Waals surface area contributed by atoms with Gasteiger partial charge in [-0.05, 0) is 82.7 Å². The van der Waals surface area contributed by atoms with E-state index < -0.39 is 41.6 Å². The Morgan fingerprint density at radius 1 is 0.600 bits per heavy atom. The number of ether oxygens (including phenoxy) is 2. The predicted molar refractivity (Wildman–Crippen MR) is 213 cm³/mol. The summed E-state index contributed by atoms with van der Waals surface area (Å²) in [6.45, 7) is 0.391. The first kappa shape index (κ1) is 48.5. The average molecular weight is 865 g/mol. The van der Waals surface area contributed by atoms with Gasteiger partial charge in [0.15, 0.2) is 0 Å². The molecule has 0 spiro atoms. The Labute approximate surface area is 393 Å². The van der Waals surface area contributed by atoms with Crippen molar-refractivity contribution in [3.63, 3.8) is 0 Å². The fraction of sp³-hybridized carbons (Fsp3) is 0.136. The molecule has 0 atom stereocenters. The smallest absolute Gasteiger partial charge is 0.744 e. The van der Waals surface area contributed by atoms with Crippen molar-refractivity contribution in [3.05, 3.63) is 197 Å². The molecule has 0 aliphatic rings. The molecule has 6 aromatic rings. The number of rotatable bonds is 16. The zero-order valence-corrected chi connectivity index (χ0v) is 38.6. The number of carbonyl (C=O) groups excluding carboxylic acids is 2. The molecule has 0 fully saturated rings. The summed E-state index contributed by atoms with van der Waals surface area (Å²) in [7, 11) is -9.99. The van der Waals surface area contributed by atoms with Gasteiger partial charge in [-0.25, -0.2) is 21.6 Å². The third kappa shape index (κ3) is 12.2. The van der Waals surface area contributed by atoms with Crippen LogP contribution in [0.4, 0.5) is 4.79 Å². The number of hydrogen-bond acceptors (Lipinski definition) is 11. The minimum atomic E-state index is -5.04. The van der Waals surface area contributed by atoms with Crippen LogP contribution in [-0.4, -0.2) is 51.1 Å². The van der Waals surface area contributed by atoms with E-state index in [9.17, 15) is 35.5 Å². The van der Waals surface area contributed by atoms with Gasteiger partial charge in [-0.3, -0.25) is 4.79 Å². The van der Waals surface area contributed by atoms with Gasteiger partial charge in [-0.1, -0.05) is 121 Å². The number of amides is 1. The minimum absolute atomic E-state index is 0. The molecule has 298 valence electrons. The topological polar surface area (TPSA) is 191 Å². The summed E-state index contributed by atoms with van der Waals surface area (Å²) < 4.78 is 79.4. The molecule has 6 rings (SSSR count). The van der Waals surface area contributed by atoms with Crippen molar-refractivity contribution in [2.24, 2.45) is 0 Å². The number of hydrogen-bond donors (Lipinski definition) is 2. The van der Waals surface area contributed by atoms with E-state index >= 15 is 0 Å². The Kier molecular flexibility index (Phi) is 17.9. The maximum Gasteiger partial charge on any atom is 1.00 e. The zero-order valence-electron chi connectivity index (χ0n) is 32.9. The summed E-state index contributed by atoms with van der Waals surface area (Å²) in [5.74, 6) is -0.0356. The first-order valence-corrected chi connectivity index (χ1v) is 20.9. The van der Waals surface area contributed by atoms with Crippen LogP contribution in [-0.2, 0) is 43.5 Å². The second-order valence-electron chi connectivity index (χ2n) is 13.2. The SMILES string of the molecule is O=C(OCc1ccc(C(=O)NCCCNCc2ccc(S(=O)(=O)[O-])cc2S(=O)(=O)[O-])cc1)Oc1ccc(C(c2ccccc2)(c2ccccc2)c2ccccc2)cc1.[Na+].[Na+]. The third-order valence-electron chi connectivity index (χ3n) is 9.41. The van der Waals surface area contributed by atoms with Crippen molar-refractivity contribution in [1.29, 1.82) is 0 Å². The molecule has 0 unspecified atom stereocenters. The molecule has 0 aromatic heterocycles. The Morgan fingerprint density at radius 3 is 1.62 bits per heavy atom. The van der Waals surface area contributed by atoms with Gasteiger partial charge in [-0.2, -0.15) is 0 Å². The Hall–Kier alpha value is -4.16. The van der Waals surface area contributed by atoms with E-state index in [1.54, 1.807) is 36.4 Å². The van der Waals surface area contributed by atoms with Gasteiger partial charge in [0.05, 0.1) is 15.2 Å². The summed E-state index contributed by atoms with van der Waals surface area (Å²) >= 11 is 0. The first-order chi connectivity index (χ1) is 27.9. The van der Waals surface area contributed by atoms with E-state index in [0.29, 0.717) is 35.9 Å². The largest absolute Gasteiger partial charge is 1.00 e. The van der Waals surface area contributed by atoms with Crippen molar-refractivity contribution in [2.75, 3.05) is 13.1 Å². The van der Waals surface area contributed by atoms with Crippen molar-refractivity contribution >= 4 is 32.3 Å². The van der Waals surface area contributed by atoms with Crippen LogP contribution < -0.4 is 74.5 Å². The van der Waals surface area contributed by atoms with Crippen LogP contribution in [0.1, 0.15) is 50.2 Å². The van der Waals surface area contributed by atoms with Crippen LogP contribution in [0.5, 0.6) is 5.75 Å². The van der Waals surface area contributed by atoms with Gasteiger partial charge >= 0.3 is 65.3 Å². The van der Waals surface area contributed by atoms with Crippen LogP contribution in [0.3, 0.4) is 0 Å². The van der Waals surface area contributed by atoms with E-state index in [1.807, 2.05) is 66.7 Å². The summed E-state index contributed by atoms with van der Waals surface area (Å²) in [6, 6.07) is 47.2. The molecule has 0 aliphatic carbocycles. The molecular weight excluding hydrogens is 827 g/mol. The number of carbonyl (C=O) groups is 2. The maximum atomic E-state index is 12.7. The molecule has 0 aliphatic heterocycles. The van der Waals surface area contributed by atoms with Crippen molar-refractivity contribution in [2.45, 2.75) is 34.8 Å². The summed E-state index contributed by atoms with van der Waals surface area (Å²) in [6.07, 6.45) is -0.454. The number of benzene rings is 6. The van der Waals surface area contributed by atoms with E-state index in [0.717, 1.165) is 34.4 Å². The zero-order chi connectivity index (χ0) is 41.2. The molecule has 0 radical (unpaired) electrons. The van der Waals surface area contributed by atoms with E-state index in [-0.39, 0.29) is 90.3 Å². The van der Waals surface area contributed by atoms with Crippen molar-refractivity contribution in [1.82, 2.24) is 10.6 Å². The van der Waals surface area contributed by atoms with Crippen molar-refractivity contribution in [3.8, 4) is 5.75 Å². The number of nitrogens with one attached hydrogen (secondary N) is 2. The van der Waals surface area contributed by atoms with Gasteiger partial charge in [-0.15, -0.1) is 0 Å². The van der Waals surface area contributed by atoms with Crippen LogP contribution in [0, 0.1) is 0 Å².